The smallest absolute Gasteiger partial charge is 0.433 e. The van der Waals surface area contributed by atoms with Gasteiger partial charge < -0.3 is 4.74 Å². The minimum Gasteiger partial charge on any atom is -0.461 e. The number of ether oxygens (including phenoxy) is 1. The molecule has 9 heteroatoms. The summed E-state index contributed by atoms with van der Waals surface area (Å²) in [5.74, 6) is -0.717. The number of nitrogens with zero attached hydrogens (tertiary/aromatic N) is 3. The molecule has 1 atom stereocenters. The zero-order valence-electron chi connectivity index (χ0n) is 15.7. The SMILES string of the molecule is CCOC(=O)c1csc(-n2nc3c(c2C(F)(F)F)CCC[C@H]3C(C)(C)C)n1. The molecule has 0 N–H and O–H groups in total. The van der Waals surface area contributed by atoms with E-state index in [1.165, 1.54) is 5.38 Å². The molecule has 0 aromatic carbocycles. The summed E-state index contributed by atoms with van der Waals surface area (Å²) in [6, 6.07) is 0. The van der Waals surface area contributed by atoms with Gasteiger partial charge in [-0.1, -0.05) is 20.8 Å². The fourth-order valence-corrected chi connectivity index (χ4v) is 4.30. The largest absolute Gasteiger partial charge is 0.461 e. The van der Waals surface area contributed by atoms with Crippen LogP contribution in [0, 0.1) is 5.41 Å². The summed E-state index contributed by atoms with van der Waals surface area (Å²) in [7, 11) is 0. The Morgan fingerprint density at radius 2 is 2.07 bits per heavy atom. The van der Waals surface area contributed by atoms with Crippen LogP contribution in [0.4, 0.5) is 13.2 Å². The van der Waals surface area contributed by atoms with Crippen LogP contribution in [0.25, 0.3) is 5.13 Å². The third-order valence-corrected chi connectivity index (χ3v) is 5.55. The molecular weight excluding hydrogens is 379 g/mol. The van der Waals surface area contributed by atoms with Crippen molar-refractivity contribution in [3.05, 3.63) is 28.0 Å². The molecule has 0 spiro atoms. The quantitative estimate of drug-likeness (QED) is 0.680. The van der Waals surface area contributed by atoms with E-state index in [2.05, 4.69) is 10.1 Å². The summed E-state index contributed by atoms with van der Waals surface area (Å²) in [6.45, 7) is 7.87. The van der Waals surface area contributed by atoms with Gasteiger partial charge in [-0.25, -0.2) is 14.5 Å². The first-order valence-electron chi connectivity index (χ1n) is 8.86. The third kappa shape index (κ3) is 3.74. The number of thiazole rings is 1. The van der Waals surface area contributed by atoms with Gasteiger partial charge in [-0.2, -0.15) is 18.3 Å². The summed E-state index contributed by atoms with van der Waals surface area (Å²) in [5, 5.41) is 5.77. The van der Waals surface area contributed by atoms with Crippen LogP contribution in [0.5, 0.6) is 0 Å². The molecule has 1 aliphatic rings. The average Bonchev–Trinajstić information content (AvgIpc) is 3.17. The number of esters is 1. The first kappa shape index (κ1) is 19.9. The molecule has 0 amide bonds. The summed E-state index contributed by atoms with van der Waals surface area (Å²) in [6.07, 6.45) is -2.73. The highest BCUT2D eigenvalue weighted by Crippen LogP contribution is 2.47. The molecule has 0 radical (unpaired) electrons. The lowest BCUT2D eigenvalue weighted by Crippen LogP contribution is -2.23. The number of carbonyl (C=O) groups is 1. The second-order valence-corrected chi connectivity index (χ2v) is 8.51. The van der Waals surface area contributed by atoms with Crippen molar-refractivity contribution in [3.63, 3.8) is 0 Å². The Hall–Kier alpha value is -1.90. The lowest BCUT2D eigenvalue weighted by molar-refractivity contribution is -0.143. The highest BCUT2D eigenvalue weighted by atomic mass is 32.1. The Labute approximate surface area is 159 Å². The van der Waals surface area contributed by atoms with E-state index in [4.69, 9.17) is 4.74 Å². The van der Waals surface area contributed by atoms with Gasteiger partial charge in [-0.15, -0.1) is 11.3 Å². The summed E-state index contributed by atoms with van der Waals surface area (Å²) in [4.78, 5) is 15.9. The molecule has 0 saturated heterocycles. The Morgan fingerprint density at radius 3 is 2.67 bits per heavy atom. The maximum Gasteiger partial charge on any atom is 0.433 e. The first-order chi connectivity index (χ1) is 12.5. The number of rotatable bonds is 3. The minimum absolute atomic E-state index is 0.00850. The molecule has 3 rings (SSSR count). The molecule has 2 aromatic rings. The van der Waals surface area contributed by atoms with Crippen molar-refractivity contribution in [2.75, 3.05) is 6.61 Å². The molecule has 0 saturated carbocycles. The molecule has 0 fully saturated rings. The van der Waals surface area contributed by atoms with Crippen LogP contribution in [-0.4, -0.2) is 27.3 Å². The van der Waals surface area contributed by atoms with Crippen molar-refractivity contribution >= 4 is 17.3 Å². The lowest BCUT2D eigenvalue weighted by Gasteiger charge is -2.33. The van der Waals surface area contributed by atoms with Crippen molar-refractivity contribution in [3.8, 4) is 5.13 Å². The van der Waals surface area contributed by atoms with Gasteiger partial charge in [0.1, 0.15) is 0 Å². The Bertz CT molecular complexity index is 849. The third-order valence-electron chi connectivity index (χ3n) is 4.74. The summed E-state index contributed by atoms with van der Waals surface area (Å²) in [5.41, 5.74) is -0.242. The number of fused-ring (bicyclic) bond motifs is 1. The van der Waals surface area contributed by atoms with Crippen molar-refractivity contribution < 1.29 is 22.7 Å². The van der Waals surface area contributed by atoms with E-state index in [0.717, 1.165) is 22.4 Å². The predicted octanol–water partition coefficient (Wildman–Crippen LogP) is 4.99. The van der Waals surface area contributed by atoms with E-state index in [1.54, 1.807) is 6.92 Å². The van der Waals surface area contributed by atoms with Gasteiger partial charge in [0.2, 0.25) is 5.13 Å². The predicted molar refractivity (Wildman–Crippen MR) is 95.3 cm³/mol. The van der Waals surface area contributed by atoms with Gasteiger partial charge in [0.15, 0.2) is 11.4 Å². The molecule has 148 valence electrons. The van der Waals surface area contributed by atoms with Crippen LogP contribution in [-0.2, 0) is 17.3 Å². The van der Waals surface area contributed by atoms with Gasteiger partial charge in [0, 0.05) is 16.9 Å². The Kier molecular flexibility index (Phi) is 5.09. The van der Waals surface area contributed by atoms with E-state index >= 15 is 0 Å². The molecule has 5 nitrogen and oxygen atoms in total. The Morgan fingerprint density at radius 1 is 1.37 bits per heavy atom. The van der Waals surface area contributed by atoms with E-state index in [9.17, 15) is 18.0 Å². The summed E-state index contributed by atoms with van der Waals surface area (Å²) < 4.78 is 47.4. The Balaban J connectivity index is 2.14. The molecule has 0 bridgehead atoms. The van der Waals surface area contributed by atoms with E-state index in [-0.39, 0.29) is 34.3 Å². The van der Waals surface area contributed by atoms with Gasteiger partial charge in [-0.05, 0) is 31.6 Å². The number of aromatic nitrogens is 3. The van der Waals surface area contributed by atoms with Crippen LogP contribution in [0.15, 0.2) is 5.38 Å². The van der Waals surface area contributed by atoms with Crippen molar-refractivity contribution in [1.29, 1.82) is 0 Å². The number of halogens is 3. The van der Waals surface area contributed by atoms with Crippen LogP contribution in [0.2, 0.25) is 0 Å². The van der Waals surface area contributed by atoms with E-state index < -0.39 is 17.8 Å². The zero-order valence-corrected chi connectivity index (χ0v) is 16.5. The number of hydrogen-bond acceptors (Lipinski definition) is 5. The van der Waals surface area contributed by atoms with Crippen LogP contribution in [0.3, 0.4) is 0 Å². The average molecular weight is 401 g/mol. The normalized spacial score (nSPS) is 17.7. The standard InChI is InChI=1S/C18H22F3N3O2S/c1-5-26-15(25)12-9-27-16(22-12)24-14(18(19,20)21)10-7-6-8-11(13(10)23-24)17(2,3)4/h9,11H,5-8H2,1-4H3/t11-/m1/s1. The summed E-state index contributed by atoms with van der Waals surface area (Å²) >= 11 is 0.948. The fraction of sp³-hybridized carbons (Fsp3) is 0.611. The van der Waals surface area contributed by atoms with Crippen LogP contribution >= 0.6 is 11.3 Å². The van der Waals surface area contributed by atoms with Crippen molar-refractivity contribution in [2.24, 2.45) is 5.41 Å². The maximum atomic E-state index is 13.9. The van der Waals surface area contributed by atoms with Crippen LogP contribution < -0.4 is 0 Å². The van der Waals surface area contributed by atoms with Gasteiger partial charge in [-0.3, -0.25) is 0 Å². The molecule has 0 aliphatic heterocycles. The molecular formula is C18H22F3N3O2S. The van der Waals surface area contributed by atoms with E-state index in [1.807, 2.05) is 20.8 Å². The topological polar surface area (TPSA) is 57.0 Å². The molecule has 27 heavy (non-hydrogen) atoms. The zero-order chi connectivity index (χ0) is 20.0. The first-order valence-corrected chi connectivity index (χ1v) is 9.74. The fourth-order valence-electron chi connectivity index (χ4n) is 3.55. The van der Waals surface area contributed by atoms with Gasteiger partial charge in [0.05, 0.1) is 12.3 Å². The molecule has 0 unspecified atom stereocenters. The van der Waals surface area contributed by atoms with Gasteiger partial charge in [0.25, 0.3) is 0 Å². The highest BCUT2D eigenvalue weighted by molar-refractivity contribution is 7.12. The van der Waals surface area contributed by atoms with Crippen molar-refractivity contribution in [1.82, 2.24) is 14.8 Å². The number of hydrogen-bond donors (Lipinski definition) is 0. The van der Waals surface area contributed by atoms with Crippen LogP contribution in [0.1, 0.15) is 73.9 Å². The molecule has 2 heterocycles. The minimum atomic E-state index is -4.56. The van der Waals surface area contributed by atoms with Crippen molar-refractivity contribution in [2.45, 2.75) is 59.1 Å². The molecule has 1 aliphatic carbocycles. The highest BCUT2D eigenvalue weighted by Gasteiger charge is 2.44. The van der Waals surface area contributed by atoms with Gasteiger partial charge >= 0.3 is 12.1 Å². The lowest BCUT2D eigenvalue weighted by atomic mass is 9.71. The maximum absolute atomic E-state index is 13.9. The second kappa shape index (κ2) is 6.92. The van der Waals surface area contributed by atoms with E-state index in [0.29, 0.717) is 18.5 Å². The monoisotopic (exact) mass is 401 g/mol. The number of alkyl halides is 3. The number of carbonyl (C=O) groups excluding carboxylic acids is 1. The second-order valence-electron chi connectivity index (χ2n) is 7.67. The molecule has 2 aromatic heterocycles.